The van der Waals surface area contributed by atoms with Gasteiger partial charge >= 0.3 is 0 Å². The molecule has 0 fully saturated rings. The van der Waals surface area contributed by atoms with Crippen LogP contribution in [0.3, 0.4) is 0 Å². The fourth-order valence-electron chi connectivity index (χ4n) is 2.74. The molecule has 1 amide bonds. The van der Waals surface area contributed by atoms with Crippen LogP contribution in [0.1, 0.15) is 36.6 Å². The maximum absolute atomic E-state index is 11.9. The van der Waals surface area contributed by atoms with Crippen molar-refractivity contribution in [2.45, 2.75) is 33.2 Å². The van der Waals surface area contributed by atoms with Gasteiger partial charge in [0.25, 0.3) is 5.91 Å². The third kappa shape index (κ3) is 3.50. The first-order chi connectivity index (χ1) is 11.7. The fraction of sp³-hybridized carbons (Fsp3) is 0.368. The summed E-state index contributed by atoms with van der Waals surface area (Å²) in [7, 11) is 0. The number of para-hydroxylation sites is 2. The lowest BCUT2D eigenvalue weighted by molar-refractivity contribution is 0.0926. The molecule has 0 unspecified atom stereocenters. The van der Waals surface area contributed by atoms with Gasteiger partial charge in [-0.25, -0.2) is 4.98 Å². The number of fused-ring (bicyclic) bond motifs is 1. The quantitative estimate of drug-likeness (QED) is 0.721. The number of carbonyl (C=O) groups excluding carboxylic acids is 1. The van der Waals surface area contributed by atoms with Crippen molar-refractivity contribution in [3.63, 3.8) is 0 Å². The Balaban J connectivity index is 1.73. The molecule has 24 heavy (non-hydrogen) atoms. The van der Waals surface area contributed by atoms with Gasteiger partial charge in [-0.1, -0.05) is 32.4 Å². The van der Waals surface area contributed by atoms with Crippen molar-refractivity contribution < 1.29 is 9.21 Å². The van der Waals surface area contributed by atoms with Crippen molar-refractivity contribution >= 4 is 16.9 Å². The maximum Gasteiger partial charge on any atom is 0.286 e. The van der Waals surface area contributed by atoms with E-state index in [0.717, 1.165) is 29.8 Å². The first-order valence-corrected chi connectivity index (χ1v) is 8.45. The van der Waals surface area contributed by atoms with Crippen LogP contribution in [0.15, 0.2) is 47.1 Å². The Hall–Kier alpha value is -2.56. The highest BCUT2D eigenvalue weighted by Gasteiger charge is 2.13. The van der Waals surface area contributed by atoms with Crippen LogP contribution in [-0.4, -0.2) is 22.0 Å². The van der Waals surface area contributed by atoms with Gasteiger partial charge in [0.2, 0.25) is 0 Å². The molecular weight excluding hydrogens is 302 g/mol. The largest absolute Gasteiger partial charge is 0.459 e. The van der Waals surface area contributed by atoms with E-state index in [1.807, 2.05) is 18.2 Å². The Morgan fingerprint density at radius 1 is 1.29 bits per heavy atom. The smallest absolute Gasteiger partial charge is 0.286 e. The average molecular weight is 325 g/mol. The minimum absolute atomic E-state index is 0.190. The van der Waals surface area contributed by atoms with E-state index in [1.54, 1.807) is 12.1 Å². The van der Waals surface area contributed by atoms with E-state index < -0.39 is 0 Å². The predicted molar refractivity (Wildman–Crippen MR) is 93.9 cm³/mol. The summed E-state index contributed by atoms with van der Waals surface area (Å²) in [5, 5.41) is 2.89. The highest BCUT2D eigenvalue weighted by Crippen LogP contribution is 2.19. The van der Waals surface area contributed by atoms with Crippen molar-refractivity contribution in [2.24, 2.45) is 5.92 Å². The molecule has 1 N–H and O–H groups in total. The number of carbonyl (C=O) groups is 1. The summed E-state index contributed by atoms with van der Waals surface area (Å²) in [6.45, 7) is 5.92. The summed E-state index contributed by atoms with van der Waals surface area (Å²) in [4.78, 5) is 16.7. The van der Waals surface area contributed by atoms with Crippen LogP contribution >= 0.6 is 0 Å². The summed E-state index contributed by atoms with van der Waals surface area (Å²) >= 11 is 0. The molecular formula is C19H23N3O2. The number of hydrogen-bond acceptors (Lipinski definition) is 3. The third-order valence-corrected chi connectivity index (χ3v) is 4.30. The second kappa shape index (κ2) is 7.34. The molecule has 1 aromatic carbocycles. The van der Waals surface area contributed by atoms with Gasteiger partial charge in [0.05, 0.1) is 17.3 Å². The minimum Gasteiger partial charge on any atom is -0.459 e. The second-order valence-corrected chi connectivity index (χ2v) is 6.12. The van der Waals surface area contributed by atoms with Crippen LogP contribution in [0.4, 0.5) is 0 Å². The zero-order valence-electron chi connectivity index (χ0n) is 14.2. The summed E-state index contributed by atoms with van der Waals surface area (Å²) in [6, 6.07) is 11.6. The van der Waals surface area contributed by atoms with Crippen molar-refractivity contribution in [1.82, 2.24) is 14.9 Å². The number of benzene rings is 1. The standard InChI is InChI=1S/C19H23N3O2/c1-3-14(2)13-22-16-8-5-4-7-15(16)21-18(22)10-11-20-19(23)17-9-6-12-24-17/h4-9,12,14H,3,10-11,13H2,1-2H3,(H,20,23)/t14-/m0/s1. The fourth-order valence-corrected chi connectivity index (χ4v) is 2.74. The van der Waals surface area contributed by atoms with Crippen LogP contribution < -0.4 is 5.32 Å². The number of furan rings is 1. The van der Waals surface area contributed by atoms with Gasteiger partial charge in [-0.2, -0.15) is 0 Å². The molecule has 0 aliphatic rings. The van der Waals surface area contributed by atoms with Gasteiger partial charge in [0.1, 0.15) is 5.82 Å². The molecule has 5 nitrogen and oxygen atoms in total. The van der Waals surface area contributed by atoms with Crippen LogP contribution in [0, 0.1) is 5.92 Å². The van der Waals surface area contributed by atoms with Gasteiger partial charge in [0, 0.05) is 19.5 Å². The number of rotatable bonds is 7. The molecule has 1 atom stereocenters. The van der Waals surface area contributed by atoms with Gasteiger partial charge in [-0.05, 0) is 30.2 Å². The molecule has 3 rings (SSSR count). The number of hydrogen-bond donors (Lipinski definition) is 1. The van der Waals surface area contributed by atoms with Gasteiger partial charge < -0.3 is 14.3 Å². The maximum atomic E-state index is 11.9. The van der Waals surface area contributed by atoms with Crippen LogP contribution in [0.5, 0.6) is 0 Å². The van der Waals surface area contributed by atoms with E-state index in [4.69, 9.17) is 9.40 Å². The summed E-state index contributed by atoms with van der Waals surface area (Å²) in [6.07, 6.45) is 3.32. The molecule has 0 radical (unpaired) electrons. The topological polar surface area (TPSA) is 60.1 Å². The first-order valence-electron chi connectivity index (χ1n) is 8.45. The van der Waals surface area contributed by atoms with E-state index in [0.29, 0.717) is 24.6 Å². The lowest BCUT2D eigenvalue weighted by Crippen LogP contribution is -2.26. The Morgan fingerprint density at radius 3 is 2.88 bits per heavy atom. The predicted octanol–water partition coefficient (Wildman–Crippen LogP) is 3.65. The molecule has 0 aliphatic heterocycles. The Bertz CT molecular complexity index is 805. The molecule has 0 saturated heterocycles. The molecule has 2 heterocycles. The van der Waals surface area contributed by atoms with E-state index in [1.165, 1.54) is 6.26 Å². The third-order valence-electron chi connectivity index (χ3n) is 4.30. The highest BCUT2D eigenvalue weighted by atomic mass is 16.3. The highest BCUT2D eigenvalue weighted by molar-refractivity contribution is 5.91. The van der Waals surface area contributed by atoms with Gasteiger partial charge in [-0.15, -0.1) is 0 Å². The number of nitrogens with one attached hydrogen (secondary N) is 1. The van der Waals surface area contributed by atoms with E-state index in [-0.39, 0.29) is 5.91 Å². The Labute approximate surface area is 141 Å². The summed E-state index contributed by atoms with van der Waals surface area (Å²) < 4.78 is 7.38. The summed E-state index contributed by atoms with van der Waals surface area (Å²) in [5.74, 6) is 1.74. The molecule has 0 spiro atoms. The lowest BCUT2D eigenvalue weighted by atomic mass is 10.1. The molecule has 2 aromatic heterocycles. The molecule has 0 bridgehead atoms. The van der Waals surface area contributed by atoms with Crippen molar-refractivity contribution in [3.05, 3.63) is 54.2 Å². The average Bonchev–Trinajstić information content (AvgIpc) is 3.24. The molecule has 126 valence electrons. The number of imidazole rings is 1. The van der Waals surface area contributed by atoms with E-state index in [9.17, 15) is 4.79 Å². The van der Waals surface area contributed by atoms with Crippen molar-refractivity contribution in [1.29, 1.82) is 0 Å². The SMILES string of the molecule is CC[C@H](C)Cn1c(CCNC(=O)c2ccco2)nc2ccccc21. The first kappa shape index (κ1) is 16.3. The van der Waals surface area contributed by atoms with E-state index in [2.05, 4.69) is 29.8 Å². The minimum atomic E-state index is -0.190. The van der Waals surface area contributed by atoms with Crippen LogP contribution in [0.2, 0.25) is 0 Å². The van der Waals surface area contributed by atoms with E-state index >= 15 is 0 Å². The monoisotopic (exact) mass is 325 g/mol. The van der Waals surface area contributed by atoms with Crippen molar-refractivity contribution in [2.75, 3.05) is 6.54 Å². The molecule has 5 heteroatoms. The molecule has 0 saturated carbocycles. The normalized spacial score (nSPS) is 12.4. The molecule has 3 aromatic rings. The molecule has 0 aliphatic carbocycles. The number of amides is 1. The Kier molecular flexibility index (Phi) is 4.99. The van der Waals surface area contributed by atoms with Gasteiger partial charge in [-0.3, -0.25) is 4.79 Å². The van der Waals surface area contributed by atoms with Gasteiger partial charge in [0.15, 0.2) is 5.76 Å². The lowest BCUT2D eigenvalue weighted by Gasteiger charge is -2.14. The number of nitrogens with zero attached hydrogens (tertiary/aromatic N) is 2. The number of aromatic nitrogens is 2. The zero-order valence-corrected chi connectivity index (χ0v) is 14.2. The van der Waals surface area contributed by atoms with Crippen LogP contribution in [-0.2, 0) is 13.0 Å². The zero-order chi connectivity index (χ0) is 16.9. The second-order valence-electron chi connectivity index (χ2n) is 6.12. The van der Waals surface area contributed by atoms with Crippen LogP contribution in [0.25, 0.3) is 11.0 Å². The summed E-state index contributed by atoms with van der Waals surface area (Å²) in [5.41, 5.74) is 2.17. The Morgan fingerprint density at radius 2 is 2.12 bits per heavy atom. The van der Waals surface area contributed by atoms with Crippen molar-refractivity contribution in [3.8, 4) is 0 Å².